The highest BCUT2D eigenvalue weighted by molar-refractivity contribution is 7.98. The molecular weight excluding hydrogens is 438 g/mol. The minimum absolute atomic E-state index is 0. The van der Waals surface area contributed by atoms with Crippen LogP contribution in [-0.4, -0.2) is 68.4 Å². The van der Waals surface area contributed by atoms with Crippen molar-refractivity contribution in [2.24, 2.45) is 0 Å². The predicted octanol–water partition coefficient (Wildman–Crippen LogP) is 3.16. The number of amides is 1. The Bertz CT molecular complexity index is 1280. The molecule has 0 saturated carbocycles. The van der Waals surface area contributed by atoms with Crippen molar-refractivity contribution in [3.63, 3.8) is 0 Å². The highest BCUT2D eigenvalue weighted by Crippen LogP contribution is 2.31. The Labute approximate surface area is 195 Å². The quantitative estimate of drug-likeness (QED) is 0.431. The van der Waals surface area contributed by atoms with Crippen molar-refractivity contribution in [3.8, 4) is 17.1 Å². The summed E-state index contributed by atoms with van der Waals surface area (Å²) in [6.45, 7) is 4.36. The smallest absolute Gasteiger partial charge is 0.254 e. The summed E-state index contributed by atoms with van der Waals surface area (Å²) >= 11 is 1.66. The lowest BCUT2D eigenvalue weighted by Crippen LogP contribution is -2.40. The molecule has 1 amide bonds. The van der Waals surface area contributed by atoms with E-state index < -0.39 is 0 Å². The average Bonchev–Trinajstić information content (AvgIpc) is 3.22. The van der Waals surface area contributed by atoms with Crippen LogP contribution in [0.1, 0.15) is 16.1 Å². The van der Waals surface area contributed by atoms with E-state index in [2.05, 4.69) is 15.0 Å². The maximum absolute atomic E-state index is 13.0. The van der Waals surface area contributed by atoms with Gasteiger partial charge in [-0.1, -0.05) is 6.07 Å². The van der Waals surface area contributed by atoms with Crippen LogP contribution in [0.4, 0.5) is 0 Å². The number of nitrogens with zero attached hydrogens (tertiary/aromatic N) is 5. The van der Waals surface area contributed by atoms with Crippen LogP contribution in [0.25, 0.3) is 28.0 Å². The van der Waals surface area contributed by atoms with E-state index >= 15 is 0 Å². The second-order valence-corrected chi connectivity index (χ2v) is 8.51. The number of carbonyl (C=O) groups excluding carboxylic acids is 1. The highest BCUT2D eigenvalue weighted by atomic mass is 32.2. The van der Waals surface area contributed by atoms with E-state index in [4.69, 9.17) is 4.74 Å². The summed E-state index contributed by atoms with van der Waals surface area (Å²) in [5, 5.41) is 1.08. The Morgan fingerprint density at radius 1 is 1.03 bits per heavy atom. The van der Waals surface area contributed by atoms with Gasteiger partial charge in [-0.2, -0.15) is 0 Å². The molecule has 1 aliphatic heterocycles. The summed E-state index contributed by atoms with van der Waals surface area (Å²) in [4.78, 5) is 29.5. The van der Waals surface area contributed by atoms with Crippen molar-refractivity contribution in [2.45, 2.75) is 11.8 Å². The van der Waals surface area contributed by atoms with E-state index in [1.54, 1.807) is 18.0 Å². The van der Waals surface area contributed by atoms with Crippen LogP contribution in [-0.2, 0) is 4.74 Å². The normalized spacial score (nSPS) is 13.7. The maximum atomic E-state index is 13.0. The standard InChI is InChI=1S/C24H23N5O2S.H2O/c1-16-11-17(5-6-25-16)19-13-26-24(27-14-19)29-15-22(32-2)20-4-3-18(12-21(20)29)23(30)28-7-9-31-10-8-28;/h3-6,11-15H,7-10H2,1-2H3;1H2. The molecular formula is C24H25N5O3S. The van der Waals surface area contributed by atoms with Crippen molar-refractivity contribution in [2.75, 3.05) is 32.6 Å². The van der Waals surface area contributed by atoms with E-state index in [1.165, 1.54) is 0 Å². The molecule has 0 bridgehead atoms. The maximum Gasteiger partial charge on any atom is 0.254 e. The fourth-order valence-electron chi connectivity index (χ4n) is 3.93. The number of ether oxygens (including phenoxy) is 1. The summed E-state index contributed by atoms with van der Waals surface area (Å²) in [6, 6.07) is 9.82. The number of aryl methyl sites for hydroxylation is 1. The third-order valence-corrected chi connectivity index (χ3v) is 6.38. The van der Waals surface area contributed by atoms with E-state index in [0.29, 0.717) is 37.8 Å². The first kappa shape index (κ1) is 22.9. The van der Waals surface area contributed by atoms with Gasteiger partial charge in [-0.05, 0) is 43.0 Å². The first-order valence-electron chi connectivity index (χ1n) is 10.5. The Balaban J connectivity index is 0.00000259. The van der Waals surface area contributed by atoms with Gasteiger partial charge in [0.1, 0.15) is 0 Å². The summed E-state index contributed by atoms with van der Waals surface area (Å²) in [6.07, 6.45) is 9.51. The van der Waals surface area contributed by atoms with Gasteiger partial charge in [0.15, 0.2) is 0 Å². The van der Waals surface area contributed by atoms with E-state index in [9.17, 15) is 4.79 Å². The number of hydrogen-bond donors (Lipinski definition) is 0. The van der Waals surface area contributed by atoms with Crippen LogP contribution in [0.5, 0.6) is 0 Å². The number of morpholine rings is 1. The molecule has 8 nitrogen and oxygen atoms in total. The van der Waals surface area contributed by atoms with Crippen molar-refractivity contribution in [3.05, 3.63) is 66.4 Å². The van der Waals surface area contributed by atoms with Gasteiger partial charge in [0.05, 0.1) is 18.7 Å². The molecule has 0 spiro atoms. The molecule has 170 valence electrons. The van der Waals surface area contributed by atoms with Gasteiger partial charge in [-0.3, -0.25) is 14.3 Å². The predicted molar refractivity (Wildman–Crippen MR) is 129 cm³/mol. The summed E-state index contributed by atoms with van der Waals surface area (Å²) in [5.41, 5.74) is 4.50. The van der Waals surface area contributed by atoms with Crippen LogP contribution in [0.3, 0.4) is 0 Å². The Kier molecular flexibility index (Phi) is 6.73. The van der Waals surface area contributed by atoms with Crippen molar-refractivity contribution in [1.82, 2.24) is 24.4 Å². The number of carbonyl (C=O) groups is 1. The molecule has 1 aliphatic rings. The van der Waals surface area contributed by atoms with E-state index in [-0.39, 0.29) is 11.4 Å². The zero-order chi connectivity index (χ0) is 22.1. The van der Waals surface area contributed by atoms with Gasteiger partial charge in [-0.15, -0.1) is 11.8 Å². The number of pyridine rings is 1. The molecule has 33 heavy (non-hydrogen) atoms. The molecule has 9 heteroatoms. The molecule has 4 aromatic rings. The lowest BCUT2D eigenvalue weighted by molar-refractivity contribution is 0.0303. The molecule has 0 radical (unpaired) electrons. The largest absolute Gasteiger partial charge is 0.412 e. The summed E-state index contributed by atoms with van der Waals surface area (Å²) in [5.74, 6) is 0.596. The molecule has 0 unspecified atom stereocenters. The van der Waals surface area contributed by atoms with Crippen molar-refractivity contribution < 1.29 is 15.0 Å². The third-order valence-electron chi connectivity index (χ3n) is 5.62. The number of rotatable bonds is 4. The molecule has 0 aliphatic carbocycles. The zero-order valence-electron chi connectivity index (χ0n) is 18.5. The number of thioether (sulfide) groups is 1. The second kappa shape index (κ2) is 9.70. The molecule has 1 aromatic carbocycles. The monoisotopic (exact) mass is 463 g/mol. The summed E-state index contributed by atoms with van der Waals surface area (Å²) in [7, 11) is 0. The van der Waals surface area contributed by atoms with Crippen LogP contribution in [0, 0.1) is 6.92 Å². The lowest BCUT2D eigenvalue weighted by Gasteiger charge is -2.26. The number of fused-ring (bicyclic) bond motifs is 1. The fourth-order valence-corrected chi connectivity index (χ4v) is 4.53. The second-order valence-electron chi connectivity index (χ2n) is 7.66. The molecule has 3 aromatic heterocycles. The summed E-state index contributed by atoms with van der Waals surface area (Å²) < 4.78 is 7.34. The Morgan fingerprint density at radius 3 is 2.48 bits per heavy atom. The molecule has 1 saturated heterocycles. The third kappa shape index (κ3) is 4.47. The molecule has 1 fully saturated rings. The van der Waals surface area contributed by atoms with E-state index in [1.807, 2.05) is 71.6 Å². The zero-order valence-corrected chi connectivity index (χ0v) is 19.3. The topological polar surface area (TPSA) is 105 Å². The number of aromatic nitrogens is 4. The highest BCUT2D eigenvalue weighted by Gasteiger charge is 2.20. The fraction of sp³-hybridized carbons (Fsp3) is 0.250. The Hall–Kier alpha value is -3.27. The molecule has 2 N–H and O–H groups in total. The first-order valence-corrected chi connectivity index (χ1v) is 11.7. The molecule has 4 heterocycles. The van der Waals surface area contributed by atoms with Gasteiger partial charge in [-0.25, -0.2) is 9.97 Å². The number of benzene rings is 1. The van der Waals surface area contributed by atoms with Crippen LogP contribution >= 0.6 is 11.8 Å². The lowest BCUT2D eigenvalue weighted by atomic mass is 10.1. The Morgan fingerprint density at radius 2 is 1.79 bits per heavy atom. The average molecular weight is 464 g/mol. The van der Waals surface area contributed by atoms with Gasteiger partial charge in [0.25, 0.3) is 5.91 Å². The minimum atomic E-state index is 0. The van der Waals surface area contributed by atoms with Crippen LogP contribution < -0.4 is 0 Å². The van der Waals surface area contributed by atoms with Crippen LogP contribution in [0.15, 0.2) is 60.0 Å². The van der Waals surface area contributed by atoms with Crippen molar-refractivity contribution in [1.29, 1.82) is 0 Å². The van der Waals surface area contributed by atoms with Crippen molar-refractivity contribution >= 4 is 28.6 Å². The van der Waals surface area contributed by atoms with Crippen LogP contribution in [0.2, 0.25) is 0 Å². The van der Waals surface area contributed by atoms with Gasteiger partial charge < -0.3 is 15.1 Å². The van der Waals surface area contributed by atoms with Gasteiger partial charge >= 0.3 is 0 Å². The number of hydrogen-bond acceptors (Lipinski definition) is 6. The van der Waals surface area contributed by atoms with Gasteiger partial charge in [0.2, 0.25) is 5.95 Å². The molecule has 5 rings (SSSR count). The van der Waals surface area contributed by atoms with E-state index in [0.717, 1.165) is 32.6 Å². The molecule has 0 atom stereocenters. The SMILES string of the molecule is CSc1cn(-c2ncc(-c3ccnc(C)c3)cn2)c2cc(C(=O)N3CCOCC3)ccc12.O. The first-order chi connectivity index (χ1) is 15.6. The van der Waals surface area contributed by atoms with Gasteiger partial charge in [0, 0.05) is 65.0 Å². The minimum Gasteiger partial charge on any atom is -0.412 e.